The number of methoxy groups -OCH3 is 1. The summed E-state index contributed by atoms with van der Waals surface area (Å²) in [4.78, 5) is 25.1. The molecule has 0 bridgehead atoms. The van der Waals surface area contributed by atoms with Crippen LogP contribution >= 0.6 is 0 Å². The van der Waals surface area contributed by atoms with Gasteiger partial charge in [-0.25, -0.2) is 13.6 Å². The molecule has 0 saturated heterocycles. The Kier molecular flexibility index (Phi) is 6.50. The van der Waals surface area contributed by atoms with Crippen molar-refractivity contribution in [2.75, 3.05) is 13.7 Å². The molecule has 158 valence electrons. The fraction of sp³-hybridized carbons (Fsp3) is 0.304. The van der Waals surface area contributed by atoms with E-state index in [0.717, 1.165) is 12.5 Å². The molecule has 0 aliphatic carbocycles. The van der Waals surface area contributed by atoms with Crippen LogP contribution in [0.1, 0.15) is 37.0 Å². The van der Waals surface area contributed by atoms with Crippen LogP contribution in [0.25, 0.3) is 22.0 Å². The Labute approximate surface area is 172 Å². The first-order valence-corrected chi connectivity index (χ1v) is 9.79. The predicted octanol–water partition coefficient (Wildman–Crippen LogP) is 4.93. The van der Waals surface area contributed by atoms with Gasteiger partial charge in [0, 0.05) is 12.7 Å². The number of hydrogen-bond acceptors (Lipinski definition) is 4. The van der Waals surface area contributed by atoms with E-state index in [4.69, 9.17) is 9.47 Å². The van der Waals surface area contributed by atoms with Crippen LogP contribution in [0, 0.1) is 11.6 Å². The molecule has 5 nitrogen and oxygen atoms in total. The van der Waals surface area contributed by atoms with Gasteiger partial charge in [0.2, 0.25) is 5.43 Å². The zero-order valence-corrected chi connectivity index (χ0v) is 17.1. The van der Waals surface area contributed by atoms with Crippen molar-refractivity contribution < 1.29 is 23.0 Å². The van der Waals surface area contributed by atoms with E-state index in [1.54, 1.807) is 31.2 Å². The van der Waals surface area contributed by atoms with Crippen LogP contribution in [-0.2, 0) is 11.3 Å². The fourth-order valence-corrected chi connectivity index (χ4v) is 3.37. The molecule has 2 aromatic carbocycles. The quantitative estimate of drug-likeness (QED) is 0.514. The largest absolute Gasteiger partial charge is 0.497 e. The Balaban J connectivity index is 2.31. The molecule has 0 fully saturated rings. The topological polar surface area (TPSA) is 57.5 Å². The summed E-state index contributed by atoms with van der Waals surface area (Å²) in [6.45, 7) is 4.04. The molecule has 0 atom stereocenters. The third-order valence-corrected chi connectivity index (χ3v) is 4.88. The number of halogens is 2. The summed E-state index contributed by atoms with van der Waals surface area (Å²) >= 11 is 0. The number of nitrogens with zero attached hydrogens (tertiary/aromatic N) is 1. The lowest BCUT2D eigenvalue weighted by atomic mass is 10.0. The van der Waals surface area contributed by atoms with Crippen molar-refractivity contribution in [1.29, 1.82) is 0 Å². The Morgan fingerprint density at radius 1 is 1.13 bits per heavy atom. The van der Waals surface area contributed by atoms with Gasteiger partial charge in [0.05, 0.1) is 30.2 Å². The highest BCUT2D eigenvalue weighted by atomic mass is 19.1. The smallest absolute Gasteiger partial charge is 0.343 e. The van der Waals surface area contributed by atoms with Crippen molar-refractivity contribution in [3.8, 4) is 16.9 Å². The number of aryl methyl sites for hydroxylation is 1. The minimum absolute atomic E-state index is 0.0336. The van der Waals surface area contributed by atoms with Crippen molar-refractivity contribution in [2.45, 2.75) is 33.2 Å². The van der Waals surface area contributed by atoms with E-state index in [-0.39, 0.29) is 28.6 Å². The first-order chi connectivity index (χ1) is 14.4. The van der Waals surface area contributed by atoms with Crippen molar-refractivity contribution in [3.63, 3.8) is 0 Å². The van der Waals surface area contributed by atoms with Gasteiger partial charge < -0.3 is 14.0 Å². The first kappa shape index (κ1) is 21.5. The van der Waals surface area contributed by atoms with E-state index in [1.807, 2.05) is 6.92 Å². The Hall–Kier alpha value is -3.22. The van der Waals surface area contributed by atoms with E-state index in [0.29, 0.717) is 24.3 Å². The summed E-state index contributed by atoms with van der Waals surface area (Å²) < 4.78 is 42.1. The lowest BCUT2D eigenvalue weighted by Gasteiger charge is -2.16. The molecular formula is C23H23F2NO4. The maximum Gasteiger partial charge on any atom is 0.343 e. The number of unbranched alkanes of at least 4 members (excludes halogenated alkanes) is 1. The molecule has 7 heteroatoms. The number of esters is 1. The standard InChI is InChI=1S/C23H23F2NO4/c1-4-6-11-26-13-17(23(28)30-5-2)22(27)16-12-18(24)19(20(25)21(16)26)14-7-9-15(29-3)10-8-14/h7-10,12-13H,4-6,11H2,1-3H3. The second kappa shape index (κ2) is 9.07. The number of benzene rings is 2. The number of rotatable bonds is 7. The molecule has 0 amide bonds. The normalized spacial score (nSPS) is 11.0. The SMILES string of the molecule is CCCCn1cc(C(=O)OCC)c(=O)c2cc(F)c(-c3ccc(OC)cc3)c(F)c21. The van der Waals surface area contributed by atoms with Gasteiger partial charge in [-0.05, 0) is 37.1 Å². The monoisotopic (exact) mass is 415 g/mol. The molecule has 0 unspecified atom stereocenters. The lowest BCUT2D eigenvalue weighted by Crippen LogP contribution is -2.22. The van der Waals surface area contributed by atoms with E-state index in [1.165, 1.54) is 17.9 Å². The molecule has 0 radical (unpaired) electrons. The zero-order valence-electron chi connectivity index (χ0n) is 17.1. The molecule has 1 heterocycles. The van der Waals surface area contributed by atoms with Crippen LogP contribution in [0.5, 0.6) is 5.75 Å². The highest BCUT2D eigenvalue weighted by Gasteiger charge is 2.23. The Morgan fingerprint density at radius 3 is 2.43 bits per heavy atom. The molecule has 30 heavy (non-hydrogen) atoms. The van der Waals surface area contributed by atoms with Crippen molar-refractivity contribution in [1.82, 2.24) is 4.57 Å². The van der Waals surface area contributed by atoms with Crippen molar-refractivity contribution >= 4 is 16.9 Å². The fourth-order valence-electron chi connectivity index (χ4n) is 3.37. The number of pyridine rings is 1. The average molecular weight is 415 g/mol. The minimum atomic E-state index is -0.884. The molecular weight excluding hydrogens is 392 g/mol. The summed E-state index contributed by atoms with van der Waals surface area (Å²) in [7, 11) is 1.50. The molecule has 0 saturated carbocycles. The van der Waals surface area contributed by atoms with E-state index in [2.05, 4.69) is 0 Å². The molecule has 3 aromatic rings. The van der Waals surface area contributed by atoms with Gasteiger partial charge in [0.15, 0.2) is 5.82 Å². The van der Waals surface area contributed by atoms with Gasteiger partial charge in [-0.1, -0.05) is 25.5 Å². The molecule has 3 rings (SSSR count). The van der Waals surface area contributed by atoms with Gasteiger partial charge in [-0.2, -0.15) is 0 Å². The first-order valence-electron chi connectivity index (χ1n) is 9.79. The van der Waals surface area contributed by atoms with Gasteiger partial charge in [-0.3, -0.25) is 4.79 Å². The van der Waals surface area contributed by atoms with Crippen LogP contribution in [-0.4, -0.2) is 24.3 Å². The molecule has 0 aliphatic rings. The lowest BCUT2D eigenvalue weighted by molar-refractivity contribution is 0.0524. The van der Waals surface area contributed by atoms with Gasteiger partial charge in [0.25, 0.3) is 0 Å². The average Bonchev–Trinajstić information content (AvgIpc) is 2.74. The van der Waals surface area contributed by atoms with E-state index in [9.17, 15) is 14.0 Å². The highest BCUT2D eigenvalue weighted by molar-refractivity contribution is 5.95. The summed E-state index contributed by atoms with van der Waals surface area (Å²) in [6, 6.07) is 7.30. The Bertz CT molecular complexity index is 1140. The number of fused-ring (bicyclic) bond motifs is 1. The van der Waals surface area contributed by atoms with Crippen LogP contribution in [0.4, 0.5) is 8.78 Å². The van der Waals surface area contributed by atoms with Gasteiger partial charge in [-0.15, -0.1) is 0 Å². The number of carbonyl (C=O) groups is 1. The second-order valence-corrected chi connectivity index (χ2v) is 6.81. The molecule has 0 spiro atoms. The summed E-state index contributed by atoms with van der Waals surface area (Å²) in [5.74, 6) is -1.99. The van der Waals surface area contributed by atoms with Crippen molar-refractivity contribution in [2.24, 2.45) is 0 Å². The summed E-state index contributed by atoms with van der Waals surface area (Å²) in [5, 5.41) is -0.191. The van der Waals surface area contributed by atoms with Crippen LogP contribution in [0.15, 0.2) is 41.3 Å². The van der Waals surface area contributed by atoms with Gasteiger partial charge in [0.1, 0.15) is 17.1 Å². The van der Waals surface area contributed by atoms with Crippen molar-refractivity contribution in [3.05, 3.63) is 63.9 Å². The summed E-state index contributed by atoms with van der Waals surface area (Å²) in [6.07, 6.45) is 2.81. The van der Waals surface area contributed by atoms with E-state index < -0.39 is 23.0 Å². The summed E-state index contributed by atoms with van der Waals surface area (Å²) in [5.41, 5.74) is -0.948. The molecule has 1 aromatic heterocycles. The maximum atomic E-state index is 15.6. The number of hydrogen-bond donors (Lipinski definition) is 0. The van der Waals surface area contributed by atoms with Crippen LogP contribution < -0.4 is 10.2 Å². The molecule has 0 N–H and O–H groups in total. The number of aromatic nitrogens is 1. The Morgan fingerprint density at radius 2 is 1.83 bits per heavy atom. The molecule has 0 aliphatic heterocycles. The second-order valence-electron chi connectivity index (χ2n) is 6.81. The highest BCUT2D eigenvalue weighted by Crippen LogP contribution is 2.32. The van der Waals surface area contributed by atoms with Crippen LogP contribution in [0.3, 0.4) is 0 Å². The maximum absolute atomic E-state index is 15.6. The minimum Gasteiger partial charge on any atom is -0.497 e. The number of carbonyl (C=O) groups excluding carboxylic acids is 1. The third kappa shape index (κ3) is 3.92. The zero-order chi connectivity index (χ0) is 21.8. The predicted molar refractivity (Wildman–Crippen MR) is 111 cm³/mol. The number of ether oxygens (including phenoxy) is 2. The van der Waals surface area contributed by atoms with Gasteiger partial charge >= 0.3 is 5.97 Å². The van der Waals surface area contributed by atoms with E-state index >= 15 is 4.39 Å². The third-order valence-electron chi connectivity index (χ3n) is 4.88. The van der Waals surface area contributed by atoms with Crippen LogP contribution in [0.2, 0.25) is 0 Å².